The minimum absolute atomic E-state index is 0.0455. The van der Waals surface area contributed by atoms with Gasteiger partial charge in [-0.1, -0.05) is 30.3 Å². The predicted molar refractivity (Wildman–Crippen MR) is 93.7 cm³/mol. The normalized spacial score (nSPS) is 17.8. The summed E-state index contributed by atoms with van der Waals surface area (Å²) in [4.78, 5) is 27.3. The fourth-order valence-electron chi connectivity index (χ4n) is 3.16. The molecule has 0 aliphatic carbocycles. The first-order valence-electron chi connectivity index (χ1n) is 9.06. The Hall–Kier alpha value is -2.09. The topological polar surface area (TPSA) is 49.9 Å². The monoisotopic (exact) mass is 386 g/mol. The van der Waals surface area contributed by atoms with Crippen LogP contribution < -0.4 is 0 Å². The number of piperidine rings is 1. The van der Waals surface area contributed by atoms with E-state index in [4.69, 9.17) is 4.74 Å². The second kappa shape index (κ2) is 9.73. The minimum atomic E-state index is -4.30. The molecule has 1 fully saturated rings. The van der Waals surface area contributed by atoms with Gasteiger partial charge in [0.05, 0.1) is 25.6 Å². The molecular weight excluding hydrogens is 361 g/mol. The van der Waals surface area contributed by atoms with Gasteiger partial charge in [-0.15, -0.1) is 0 Å². The van der Waals surface area contributed by atoms with Crippen molar-refractivity contribution in [3.63, 3.8) is 0 Å². The lowest BCUT2D eigenvalue weighted by Crippen LogP contribution is -2.48. The standard InChI is InChI=1S/C19H25F3N2O3/c1-2-27-18(26)14-23(11-15-7-4-3-5-8-15)13-17(25)24-10-6-9-16(12-24)19(20,21)22/h3-5,7-8,16H,2,6,9-14H2,1H3. The number of esters is 1. The van der Waals surface area contributed by atoms with Crippen LogP contribution in [0, 0.1) is 5.92 Å². The number of halogens is 3. The lowest BCUT2D eigenvalue weighted by Gasteiger charge is -2.35. The number of nitrogens with zero attached hydrogens (tertiary/aromatic N) is 2. The SMILES string of the molecule is CCOC(=O)CN(CC(=O)N1CCCC(C(F)(F)F)C1)Cc1ccccc1. The molecule has 2 rings (SSSR count). The predicted octanol–water partition coefficient (Wildman–Crippen LogP) is 2.85. The second-order valence-corrected chi connectivity index (χ2v) is 6.66. The van der Waals surface area contributed by atoms with Crippen LogP contribution in [-0.4, -0.2) is 60.6 Å². The molecule has 1 aliphatic heterocycles. The highest BCUT2D eigenvalue weighted by molar-refractivity contribution is 5.79. The molecule has 0 saturated carbocycles. The van der Waals surface area contributed by atoms with Crippen LogP contribution in [0.1, 0.15) is 25.3 Å². The molecule has 0 spiro atoms. The number of rotatable bonds is 7. The third-order valence-electron chi connectivity index (χ3n) is 4.50. The van der Waals surface area contributed by atoms with Crippen molar-refractivity contribution in [3.8, 4) is 0 Å². The number of carbonyl (C=O) groups excluding carboxylic acids is 2. The van der Waals surface area contributed by atoms with Gasteiger partial charge in [-0.25, -0.2) is 0 Å². The zero-order valence-electron chi connectivity index (χ0n) is 15.4. The Bertz CT molecular complexity index is 622. The molecule has 0 bridgehead atoms. The summed E-state index contributed by atoms with van der Waals surface area (Å²) in [5.41, 5.74) is 0.904. The van der Waals surface area contributed by atoms with Crippen molar-refractivity contribution >= 4 is 11.9 Å². The summed E-state index contributed by atoms with van der Waals surface area (Å²) >= 11 is 0. The Labute approximate surface area is 157 Å². The number of carbonyl (C=O) groups is 2. The van der Waals surface area contributed by atoms with Crippen LogP contribution in [0.4, 0.5) is 13.2 Å². The third-order valence-corrected chi connectivity index (χ3v) is 4.50. The Kier molecular flexibility index (Phi) is 7.65. The summed E-state index contributed by atoms with van der Waals surface area (Å²) in [5, 5.41) is 0. The van der Waals surface area contributed by atoms with Crippen molar-refractivity contribution in [2.45, 2.75) is 32.5 Å². The van der Waals surface area contributed by atoms with Gasteiger partial charge < -0.3 is 9.64 Å². The summed E-state index contributed by atoms with van der Waals surface area (Å²) in [6, 6.07) is 9.28. The molecular formula is C19H25F3N2O3. The average Bonchev–Trinajstić information content (AvgIpc) is 2.62. The van der Waals surface area contributed by atoms with Crippen LogP contribution in [0.5, 0.6) is 0 Å². The van der Waals surface area contributed by atoms with E-state index in [9.17, 15) is 22.8 Å². The Morgan fingerprint density at radius 2 is 1.93 bits per heavy atom. The van der Waals surface area contributed by atoms with E-state index in [1.807, 2.05) is 30.3 Å². The molecule has 0 aromatic heterocycles. The van der Waals surface area contributed by atoms with Gasteiger partial charge in [0.15, 0.2) is 0 Å². The summed E-state index contributed by atoms with van der Waals surface area (Å²) in [6.45, 7) is 2.02. The van der Waals surface area contributed by atoms with Crippen LogP contribution in [0.15, 0.2) is 30.3 Å². The highest BCUT2D eigenvalue weighted by Crippen LogP contribution is 2.33. The van der Waals surface area contributed by atoms with Gasteiger partial charge in [-0.2, -0.15) is 13.2 Å². The van der Waals surface area contributed by atoms with E-state index in [-0.39, 0.29) is 32.7 Å². The maximum atomic E-state index is 13.0. The van der Waals surface area contributed by atoms with Crippen molar-refractivity contribution < 1.29 is 27.5 Å². The molecule has 0 radical (unpaired) electrons. The van der Waals surface area contributed by atoms with E-state index < -0.39 is 24.0 Å². The first-order valence-corrected chi connectivity index (χ1v) is 9.06. The molecule has 0 N–H and O–H groups in total. The van der Waals surface area contributed by atoms with Crippen LogP contribution >= 0.6 is 0 Å². The number of amides is 1. The van der Waals surface area contributed by atoms with Crippen molar-refractivity contribution in [1.82, 2.24) is 9.80 Å². The number of hydrogen-bond donors (Lipinski definition) is 0. The highest BCUT2D eigenvalue weighted by atomic mass is 19.4. The van der Waals surface area contributed by atoms with Gasteiger partial charge in [0.25, 0.3) is 0 Å². The maximum Gasteiger partial charge on any atom is 0.393 e. The van der Waals surface area contributed by atoms with Crippen molar-refractivity contribution in [2.75, 3.05) is 32.8 Å². The minimum Gasteiger partial charge on any atom is -0.465 e. The molecule has 5 nitrogen and oxygen atoms in total. The van der Waals surface area contributed by atoms with Crippen LogP contribution in [0.3, 0.4) is 0 Å². The van der Waals surface area contributed by atoms with Gasteiger partial charge in [-0.05, 0) is 25.3 Å². The molecule has 1 saturated heterocycles. The highest BCUT2D eigenvalue weighted by Gasteiger charge is 2.42. The van der Waals surface area contributed by atoms with Crippen molar-refractivity contribution in [1.29, 1.82) is 0 Å². The molecule has 8 heteroatoms. The quantitative estimate of drug-likeness (QED) is 0.677. The molecule has 1 aromatic carbocycles. The number of likely N-dealkylation sites (tertiary alicyclic amines) is 1. The van der Waals surface area contributed by atoms with Gasteiger partial charge in [0, 0.05) is 19.6 Å². The van der Waals surface area contributed by atoms with Gasteiger partial charge in [0.2, 0.25) is 5.91 Å². The molecule has 1 heterocycles. The summed E-state index contributed by atoms with van der Waals surface area (Å²) in [6.07, 6.45) is -3.93. The van der Waals surface area contributed by atoms with Crippen LogP contribution in [0.2, 0.25) is 0 Å². The molecule has 150 valence electrons. The fourth-order valence-corrected chi connectivity index (χ4v) is 3.16. The molecule has 1 aliphatic rings. The smallest absolute Gasteiger partial charge is 0.393 e. The summed E-state index contributed by atoms with van der Waals surface area (Å²) < 4.78 is 43.9. The number of ether oxygens (including phenoxy) is 1. The number of benzene rings is 1. The summed E-state index contributed by atoms with van der Waals surface area (Å²) in [5.74, 6) is -2.35. The van der Waals surface area contributed by atoms with E-state index >= 15 is 0 Å². The van der Waals surface area contributed by atoms with Crippen LogP contribution in [0.25, 0.3) is 0 Å². The van der Waals surface area contributed by atoms with E-state index in [1.165, 1.54) is 4.90 Å². The molecule has 1 aromatic rings. The Morgan fingerprint density at radius 3 is 2.56 bits per heavy atom. The average molecular weight is 386 g/mol. The Morgan fingerprint density at radius 1 is 1.22 bits per heavy atom. The van der Waals surface area contributed by atoms with E-state index in [0.717, 1.165) is 5.56 Å². The number of alkyl halides is 3. The lowest BCUT2D eigenvalue weighted by molar-refractivity contribution is -0.188. The first-order chi connectivity index (χ1) is 12.8. The largest absolute Gasteiger partial charge is 0.465 e. The zero-order chi connectivity index (χ0) is 19.9. The Balaban J connectivity index is 2.02. The fraction of sp³-hybridized carbons (Fsp3) is 0.579. The zero-order valence-corrected chi connectivity index (χ0v) is 15.4. The van der Waals surface area contributed by atoms with Gasteiger partial charge in [-0.3, -0.25) is 14.5 Å². The molecule has 1 atom stereocenters. The second-order valence-electron chi connectivity index (χ2n) is 6.66. The lowest BCUT2D eigenvalue weighted by atomic mass is 9.97. The first kappa shape index (κ1) is 21.2. The van der Waals surface area contributed by atoms with E-state index in [2.05, 4.69) is 0 Å². The third kappa shape index (κ3) is 6.86. The molecule has 27 heavy (non-hydrogen) atoms. The van der Waals surface area contributed by atoms with Crippen molar-refractivity contribution in [3.05, 3.63) is 35.9 Å². The van der Waals surface area contributed by atoms with Gasteiger partial charge in [0.1, 0.15) is 0 Å². The maximum absolute atomic E-state index is 13.0. The van der Waals surface area contributed by atoms with Crippen LogP contribution in [-0.2, 0) is 20.9 Å². The van der Waals surface area contributed by atoms with E-state index in [1.54, 1.807) is 11.8 Å². The van der Waals surface area contributed by atoms with Gasteiger partial charge >= 0.3 is 12.1 Å². The number of hydrogen-bond acceptors (Lipinski definition) is 4. The van der Waals surface area contributed by atoms with Crippen molar-refractivity contribution in [2.24, 2.45) is 5.92 Å². The molecule has 1 unspecified atom stereocenters. The molecule has 1 amide bonds. The van der Waals surface area contributed by atoms with E-state index in [0.29, 0.717) is 19.5 Å². The summed E-state index contributed by atoms with van der Waals surface area (Å²) in [7, 11) is 0.